The van der Waals surface area contributed by atoms with Crippen molar-refractivity contribution in [2.24, 2.45) is 4.99 Å². The van der Waals surface area contributed by atoms with E-state index in [9.17, 15) is 0 Å². The van der Waals surface area contributed by atoms with Crippen molar-refractivity contribution in [1.29, 1.82) is 0 Å². The highest BCUT2D eigenvalue weighted by molar-refractivity contribution is 14.0. The molecule has 0 amide bonds. The Morgan fingerprint density at radius 2 is 2.00 bits per heavy atom. The highest BCUT2D eigenvalue weighted by Gasteiger charge is 2.21. The molecule has 8 heteroatoms. The second kappa shape index (κ2) is 11.5. The molecule has 2 heterocycles. The zero-order valence-electron chi connectivity index (χ0n) is 17.1. The fourth-order valence-electron chi connectivity index (χ4n) is 3.36. The number of rotatable bonds is 7. The maximum atomic E-state index is 5.79. The highest BCUT2D eigenvalue weighted by Crippen LogP contribution is 2.34. The summed E-state index contributed by atoms with van der Waals surface area (Å²) < 4.78 is 16.5. The molecule has 0 aromatic heterocycles. The van der Waals surface area contributed by atoms with Crippen LogP contribution in [-0.4, -0.2) is 62.5 Å². The number of nitrogens with one attached hydrogen (secondary N) is 2. The standard InChI is InChI=1S/C20H32N4O3.HI/c1-4-21-20(23-16-7-10-24(11-8-16)15(2)3)22-9-12-25-17-5-6-18-19(13-17)27-14-26-18;/h5-6,13,15-16H,4,7-12,14H2,1-3H3,(H2,21,22,23);1H. The predicted molar refractivity (Wildman–Crippen MR) is 122 cm³/mol. The molecule has 0 saturated carbocycles. The minimum atomic E-state index is 0. The van der Waals surface area contributed by atoms with E-state index in [0.29, 0.717) is 25.2 Å². The molecule has 2 aliphatic rings. The molecule has 0 unspecified atom stereocenters. The van der Waals surface area contributed by atoms with E-state index in [4.69, 9.17) is 14.2 Å². The van der Waals surface area contributed by atoms with Gasteiger partial charge in [-0.1, -0.05) is 0 Å². The van der Waals surface area contributed by atoms with Crippen molar-refractivity contribution in [2.45, 2.75) is 45.7 Å². The molecular weight excluding hydrogens is 471 g/mol. The van der Waals surface area contributed by atoms with Crippen LogP contribution < -0.4 is 24.8 Å². The van der Waals surface area contributed by atoms with Gasteiger partial charge < -0.3 is 29.7 Å². The monoisotopic (exact) mass is 504 g/mol. The number of hydrogen-bond donors (Lipinski definition) is 2. The zero-order chi connectivity index (χ0) is 19.1. The topological polar surface area (TPSA) is 67.4 Å². The Kier molecular flexibility index (Phi) is 9.43. The third-order valence-electron chi connectivity index (χ3n) is 4.92. The van der Waals surface area contributed by atoms with Gasteiger partial charge >= 0.3 is 0 Å². The number of likely N-dealkylation sites (tertiary alicyclic amines) is 1. The number of benzene rings is 1. The number of nitrogens with zero attached hydrogens (tertiary/aromatic N) is 2. The van der Waals surface area contributed by atoms with Crippen molar-refractivity contribution in [3.8, 4) is 17.2 Å². The van der Waals surface area contributed by atoms with Crippen LogP contribution in [0.15, 0.2) is 23.2 Å². The third kappa shape index (κ3) is 6.58. The van der Waals surface area contributed by atoms with Crippen molar-refractivity contribution < 1.29 is 14.2 Å². The van der Waals surface area contributed by atoms with E-state index in [1.54, 1.807) is 0 Å². The summed E-state index contributed by atoms with van der Waals surface area (Å²) in [5.41, 5.74) is 0. The smallest absolute Gasteiger partial charge is 0.231 e. The average molecular weight is 504 g/mol. The van der Waals surface area contributed by atoms with Gasteiger partial charge in [0.15, 0.2) is 17.5 Å². The highest BCUT2D eigenvalue weighted by atomic mass is 127. The zero-order valence-corrected chi connectivity index (χ0v) is 19.4. The summed E-state index contributed by atoms with van der Waals surface area (Å²) in [6.45, 7) is 11.1. The Morgan fingerprint density at radius 1 is 1.25 bits per heavy atom. The number of piperidine rings is 1. The molecule has 0 aliphatic carbocycles. The van der Waals surface area contributed by atoms with E-state index in [0.717, 1.165) is 55.7 Å². The van der Waals surface area contributed by atoms with E-state index in [1.807, 2.05) is 18.2 Å². The lowest BCUT2D eigenvalue weighted by molar-refractivity contribution is 0.167. The predicted octanol–water partition coefficient (Wildman–Crippen LogP) is 2.84. The number of hydrogen-bond acceptors (Lipinski definition) is 5. The Bertz CT molecular complexity index is 634. The maximum absolute atomic E-state index is 5.79. The minimum Gasteiger partial charge on any atom is -0.492 e. The summed E-state index contributed by atoms with van der Waals surface area (Å²) >= 11 is 0. The fourth-order valence-corrected chi connectivity index (χ4v) is 3.36. The Balaban J connectivity index is 0.00000280. The molecule has 2 N–H and O–H groups in total. The number of halogens is 1. The van der Waals surface area contributed by atoms with Gasteiger partial charge in [0.05, 0.1) is 6.54 Å². The minimum absolute atomic E-state index is 0. The first-order chi connectivity index (χ1) is 13.2. The number of fused-ring (bicyclic) bond motifs is 1. The largest absolute Gasteiger partial charge is 0.492 e. The van der Waals surface area contributed by atoms with Gasteiger partial charge in [-0.05, 0) is 45.7 Å². The van der Waals surface area contributed by atoms with Gasteiger partial charge in [-0.25, -0.2) is 4.99 Å². The van der Waals surface area contributed by atoms with Gasteiger partial charge in [0.2, 0.25) is 6.79 Å². The van der Waals surface area contributed by atoms with Crippen molar-refractivity contribution in [1.82, 2.24) is 15.5 Å². The lowest BCUT2D eigenvalue weighted by Crippen LogP contribution is -2.50. The first-order valence-corrected chi connectivity index (χ1v) is 9.97. The van der Waals surface area contributed by atoms with Crippen molar-refractivity contribution >= 4 is 29.9 Å². The van der Waals surface area contributed by atoms with Crippen molar-refractivity contribution in [3.63, 3.8) is 0 Å². The fraction of sp³-hybridized carbons (Fsp3) is 0.650. The van der Waals surface area contributed by atoms with Gasteiger partial charge in [0.25, 0.3) is 0 Å². The molecule has 3 rings (SSSR count). The normalized spacial score (nSPS) is 17.4. The number of ether oxygens (including phenoxy) is 3. The lowest BCUT2D eigenvalue weighted by atomic mass is 10.0. The number of aliphatic imine (C=N–C) groups is 1. The molecule has 28 heavy (non-hydrogen) atoms. The van der Waals surface area contributed by atoms with Crippen LogP contribution in [0.1, 0.15) is 33.6 Å². The maximum Gasteiger partial charge on any atom is 0.231 e. The van der Waals surface area contributed by atoms with Crippen molar-refractivity contribution in [2.75, 3.05) is 39.6 Å². The van der Waals surface area contributed by atoms with Crippen LogP contribution in [0.5, 0.6) is 17.2 Å². The van der Waals surface area contributed by atoms with Crippen LogP contribution in [-0.2, 0) is 0 Å². The molecule has 7 nitrogen and oxygen atoms in total. The van der Waals surface area contributed by atoms with Crippen LogP contribution in [0.3, 0.4) is 0 Å². The van der Waals surface area contributed by atoms with Gasteiger partial charge in [-0.3, -0.25) is 0 Å². The summed E-state index contributed by atoms with van der Waals surface area (Å²) in [4.78, 5) is 7.18. The first-order valence-electron chi connectivity index (χ1n) is 9.97. The summed E-state index contributed by atoms with van der Waals surface area (Å²) in [7, 11) is 0. The quantitative estimate of drug-likeness (QED) is 0.258. The summed E-state index contributed by atoms with van der Waals surface area (Å²) in [6, 6.07) is 6.73. The van der Waals surface area contributed by atoms with E-state index in [2.05, 4.69) is 41.3 Å². The Labute approximate surface area is 185 Å². The first kappa shape index (κ1) is 22.9. The molecule has 0 bridgehead atoms. The Hall–Kier alpha value is -1.42. The lowest BCUT2D eigenvalue weighted by Gasteiger charge is -2.35. The molecule has 1 aromatic carbocycles. The van der Waals surface area contributed by atoms with E-state index in [-0.39, 0.29) is 30.8 Å². The molecule has 1 saturated heterocycles. The van der Waals surface area contributed by atoms with Gasteiger partial charge in [0.1, 0.15) is 12.4 Å². The molecule has 2 aliphatic heterocycles. The molecular formula is C20H33IN4O3. The SMILES string of the molecule is CCNC(=NCCOc1ccc2c(c1)OCO2)NC1CCN(C(C)C)CC1.I. The van der Waals surface area contributed by atoms with Crippen molar-refractivity contribution in [3.05, 3.63) is 18.2 Å². The molecule has 158 valence electrons. The summed E-state index contributed by atoms with van der Waals surface area (Å²) in [5, 5.41) is 6.90. The van der Waals surface area contributed by atoms with Crippen LogP contribution >= 0.6 is 24.0 Å². The van der Waals surface area contributed by atoms with Gasteiger partial charge in [-0.15, -0.1) is 24.0 Å². The van der Waals surface area contributed by atoms with Gasteiger partial charge in [0, 0.05) is 37.8 Å². The molecule has 1 aromatic rings. The van der Waals surface area contributed by atoms with Crippen LogP contribution in [0.2, 0.25) is 0 Å². The van der Waals surface area contributed by atoms with E-state index < -0.39 is 0 Å². The average Bonchev–Trinajstić information content (AvgIpc) is 3.13. The van der Waals surface area contributed by atoms with Gasteiger partial charge in [-0.2, -0.15) is 0 Å². The summed E-state index contributed by atoms with van der Waals surface area (Å²) in [5.74, 6) is 3.14. The molecule has 1 fully saturated rings. The summed E-state index contributed by atoms with van der Waals surface area (Å²) in [6.07, 6.45) is 2.30. The number of guanidine groups is 1. The molecule has 0 spiro atoms. The Morgan fingerprint density at radius 3 is 2.71 bits per heavy atom. The second-order valence-electron chi connectivity index (χ2n) is 7.17. The van der Waals surface area contributed by atoms with Crippen LogP contribution in [0, 0.1) is 0 Å². The van der Waals surface area contributed by atoms with Crippen LogP contribution in [0.25, 0.3) is 0 Å². The molecule has 0 atom stereocenters. The third-order valence-corrected chi connectivity index (χ3v) is 4.92. The van der Waals surface area contributed by atoms with E-state index >= 15 is 0 Å². The molecule has 0 radical (unpaired) electrons. The van der Waals surface area contributed by atoms with E-state index in [1.165, 1.54) is 0 Å². The van der Waals surface area contributed by atoms with Crippen LogP contribution in [0.4, 0.5) is 0 Å². The second-order valence-corrected chi connectivity index (χ2v) is 7.17.